The van der Waals surface area contributed by atoms with Crippen molar-refractivity contribution < 1.29 is 9.90 Å². The summed E-state index contributed by atoms with van der Waals surface area (Å²) < 4.78 is 1.76. The summed E-state index contributed by atoms with van der Waals surface area (Å²) in [5, 5.41) is 8.59. The molecule has 0 fully saturated rings. The van der Waals surface area contributed by atoms with Crippen molar-refractivity contribution in [2.45, 2.75) is 25.9 Å². The van der Waals surface area contributed by atoms with Gasteiger partial charge in [-0.1, -0.05) is 6.92 Å². The summed E-state index contributed by atoms with van der Waals surface area (Å²) in [5.74, 6) is -0.132. The van der Waals surface area contributed by atoms with E-state index >= 15 is 0 Å². The van der Waals surface area contributed by atoms with E-state index in [0.717, 1.165) is 12.2 Å². The summed E-state index contributed by atoms with van der Waals surface area (Å²) in [6.45, 7) is 2.24. The Balaban J connectivity index is 2.68. The lowest BCUT2D eigenvalue weighted by Gasteiger charge is -2.09. The fraction of sp³-hybridized carbons (Fsp3) is 0.500. The van der Waals surface area contributed by atoms with Gasteiger partial charge in [0.05, 0.1) is 0 Å². The van der Waals surface area contributed by atoms with Crippen LogP contribution in [0.1, 0.15) is 12.7 Å². The van der Waals surface area contributed by atoms with Crippen LogP contribution < -0.4 is 5.73 Å². The lowest BCUT2D eigenvalue weighted by atomic mass is 10.3. The highest BCUT2D eigenvalue weighted by Gasteiger charge is 2.13. The molecule has 1 unspecified atom stereocenters. The molecule has 1 rings (SSSR count). The third-order valence-electron chi connectivity index (χ3n) is 1.83. The highest BCUT2D eigenvalue weighted by Crippen LogP contribution is 1.99. The van der Waals surface area contributed by atoms with Crippen LogP contribution in [0.3, 0.4) is 0 Å². The Morgan fingerprint density at radius 3 is 3.08 bits per heavy atom. The van der Waals surface area contributed by atoms with E-state index in [4.69, 9.17) is 10.8 Å². The van der Waals surface area contributed by atoms with Crippen LogP contribution in [-0.4, -0.2) is 26.7 Å². The van der Waals surface area contributed by atoms with Gasteiger partial charge in [-0.3, -0.25) is 4.79 Å². The van der Waals surface area contributed by atoms with Crippen molar-refractivity contribution in [3.05, 3.63) is 18.2 Å². The average Bonchev–Trinajstić information content (AvgIpc) is 2.51. The Labute approximate surface area is 76.2 Å². The molecule has 0 radical (unpaired) electrons. The number of imidazole rings is 1. The van der Waals surface area contributed by atoms with Crippen molar-refractivity contribution in [2.75, 3.05) is 0 Å². The van der Waals surface area contributed by atoms with Gasteiger partial charge in [-0.25, -0.2) is 4.98 Å². The Morgan fingerprint density at radius 1 is 1.85 bits per heavy atom. The van der Waals surface area contributed by atoms with E-state index in [-0.39, 0.29) is 6.54 Å². The molecule has 72 valence electrons. The van der Waals surface area contributed by atoms with Gasteiger partial charge in [0, 0.05) is 25.4 Å². The fourth-order valence-electron chi connectivity index (χ4n) is 1.11. The highest BCUT2D eigenvalue weighted by atomic mass is 16.4. The van der Waals surface area contributed by atoms with Crippen molar-refractivity contribution in [1.29, 1.82) is 0 Å². The van der Waals surface area contributed by atoms with Crippen molar-refractivity contribution >= 4 is 5.97 Å². The maximum atomic E-state index is 10.5. The normalized spacial score (nSPS) is 12.8. The number of carboxylic acids is 1. The number of aromatic nitrogens is 2. The largest absolute Gasteiger partial charge is 0.480 e. The lowest BCUT2D eigenvalue weighted by Crippen LogP contribution is -2.34. The van der Waals surface area contributed by atoms with Crippen LogP contribution >= 0.6 is 0 Å². The molecule has 13 heavy (non-hydrogen) atoms. The first kappa shape index (κ1) is 9.73. The summed E-state index contributed by atoms with van der Waals surface area (Å²) in [6.07, 6.45) is 4.16. The van der Waals surface area contributed by atoms with E-state index in [2.05, 4.69) is 4.98 Å². The monoisotopic (exact) mass is 183 g/mol. The van der Waals surface area contributed by atoms with Crippen molar-refractivity contribution in [1.82, 2.24) is 9.55 Å². The molecule has 0 aliphatic carbocycles. The Kier molecular flexibility index (Phi) is 3.02. The van der Waals surface area contributed by atoms with E-state index in [1.807, 2.05) is 6.92 Å². The zero-order chi connectivity index (χ0) is 9.84. The van der Waals surface area contributed by atoms with Crippen molar-refractivity contribution in [3.8, 4) is 0 Å². The molecule has 0 saturated heterocycles. The van der Waals surface area contributed by atoms with Gasteiger partial charge in [-0.05, 0) is 0 Å². The van der Waals surface area contributed by atoms with Crippen LogP contribution in [0.25, 0.3) is 0 Å². The van der Waals surface area contributed by atoms with E-state index in [0.29, 0.717) is 0 Å². The van der Waals surface area contributed by atoms with Gasteiger partial charge in [-0.2, -0.15) is 0 Å². The highest BCUT2D eigenvalue weighted by molar-refractivity contribution is 5.72. The third kappa shape index (κ3) is 2.29. The standard InChI is InChI=1S/C8H13N3O2/c1-2-7-10-3-4-11(7)5-6(9)8(12)13/h3-4,6H,2,5,9H2,1H3,(H,12,13). The minimum Gasteiger partial charge on any atom is -0.480 e. The van der Waals surface area contributed by atoms with Gasteiger partial charge < -0.3 is 15.4 Å². The molecule has 1 aromatic heterocycles. The van der Waals surface area contributed by atoms with Gasteiger partial charge in [0.2, 0.25) is 0 Å². The molecule has 0 bridgehead atoms. The van der Waals surface area contributed by atoms with Gasteiger partial charge in [0.15, 0.2) is 0 Å². The Bertz CT molecular complexity index is 295. The molecule has 1 aromatic rings. The number of carbonyl (C=O) groups is 1. The Morgan fingerprint density at radius 2 is 2.54 bits per heavy atom. The Hall–Kier alpha value is -1.36. The minimum absolute atomic E-state index is 0.276. The number of aliphatic carboxylic acids is 1. The van der Waals surface area contributed by atoms with Gasteiger partial charge >= 0.3 is 5.97 Å². The number of hydrogen-bond donors (Lipinski definition) is 2. The molecule has 0 saturated carbocycles. The topological polar surface area (TPSA) is 81.1 Å². The molecule has 0 aliphatic rings. The number of nitrogens with two attached hydrogens (primary N) is 1. The number of hydrogen-bond acceptors (Lipinski definition) is 3. The van der Waals surface area contributed by atoms with Crippen LogP contribution in [0.15, 0.2) is 12.4 Å². The smallest absolute Gasteiger partial charge is 0.322 e. The van der Waals surface area contributed by atoms with Crippen LogP contribution in [0.5, 0.6) is 0 Å². The number of nitrogens with zero attached hydrogens (tertiary/aromatic N) is 2. The molecule has 0 amide bonds. The molecule has 5 heteroatoms. The maximum Gasteiger partial charge on any atom is 0.322 e. The molecule has 1 atom stereocenters. The van der Waals surface area contributed by atoms with E-state index in [9.17, 15) is 4.79 Å². The SMILES string of the molecule is CCc1nccn1CC(N)C(=O)O. The molecule has 1 heterocycles. The summed E-state index contributed by atoms with van der Waals surface area (Å²) in [4.78, 5) is 14.5. The first-order valence-electron chi connectivity index (χ1n) is 4.13. The van der Waals surface area contributed by atoms with Crippen molar-refractivity contribution in [2.24, 2.45) is 5.73 Å². The molecule has 5 nitrogen and oxygen atoms in total. The maximum absolute atomic E-state index is 10.5. The third-order valence-corrected chi connectivity index (χ3v) is 1.83. The van der Waals surface area contributed by atoms with Crippen LogP contribution in [0, 0.1) is 0 Å². The fourth-order valence-corrected chi connectivity index (χ4v) is 1.11. The first-order chi connectivity index (χ1) is 6.15. The van der Waals surface area contributed by atoms with Gasteiger partial charge in [0.25, 0.3) is 0 Å². The summed E-state index contributed by atoms with van der Waals surface area (Å²) >= 11 is 0. The minimum atomic E-state index is -0.990. The molecule has 3 N–H and O–H groups in total. The van der Waals surface area contributed by atoms with E-state index < -0.39 is 12.0 Å². The zero-order valence-corrected chi connectivity index (χ0v) is 7.47. The van der Waals surface area contributed by atoms with E-state index in [1.54, 1.807) is 17.0 Å². The van der Waals surface area contributed by atoms with Crippen LogP contribution in [0.4, 0.5) is 0 Å². The molecule has 0 aromatic carbocycles. The zero-order valence-electron chi connectivity index (χ0n) is 7.47. The summed E-state index contributed by atoms with van der Waals surface area (Å²) in [5.41, 5.74) is 5.38. The predicted molar refractivity (Wildman–Crippen MR) is 47.2 cm³/mol. The lowest BCUT2D eigenvalue weighted by molar-refractivity contribution is -0.138. The van der Waals surface area contributed by atoms with Crippen LogP contribution in [-0.2, 0) is 17.8 Å². The quantitative estimate of drug-likeness (QED) is 0.680. The second-order valence-corrected chi connectivity index (χ2v) is 2.79. The average molecular weight is 183 g/mol. The van der Waals surface area contributed by atoms with Crippen LogP contribution in [0.2, 0.25) is 0 Å². The van der Waals surface area contributed by atoms with Gasteiger partial charge in [-0.15, -0.1) is 0 Å². The second-order valence-electron chi connectivity index (χ2n) is 2.79. The molecular weight excluding hydrogens is 170 g/mol. The van der Waals surface area contributed by atoms with Gasteiger partial charge in [0.1, 0.15) is 11.9 Å². The number of carboxylic acid groups (broad SMARTS) is 1. The molecule has 0 spiro atoms. The second kappa shape index (κ2) is 4.04. The molecular formula is C8H13N3O2. The summed E-state index contributed by atoms with van der Waals surface area (Å²) in [6, 6.07) is -0.862. The number of aryl methyl sites for hydroxylation is 1. The van der Waals surface area contributed by atoms with Crippen molar-refractivity contribution in [3.63, 3.8) is 0 Å². The summed E-state index contributed by atoms with van der Waals surface area (Å²) in [7, 11) is 0. The predicted octanol–water partition coefficient (Wildman–Crippen LogP) is -0.143. The molecule has 0 aliphatic heterocycles. The number of rotatable bonds is 4. The van der Waals surface area contributed by atoms with E-state index in [1.165, 1.54) is 0 Å². The first-order valence-corrected chi connectivity index (χ1v) is 4.13.